The highest BCUT2D eigenvalue weighted by atomic mass is 35.5. The second-order valence-electron chi connectivity index (χ2n) is 5.37. The van der Waals surface area contributed by atoms with Crippen LogP contribution in [0.15, 0.2) is 48.0 Å². The molecule has 0 spiro atoms. The van der Waals surface area contributed by atoms with E-state index in [-0.39, 0.29) is 28.3 Å². The summed E-state index contributed by atoms with van der Waals surface area (Å²) in [4.78, 5) is 33.5. The third-order valence-corrected chi connectivity index (χ3v) is 3.56. The van der Waals surface area contributed by atoms with Crippen LogP contribution in [0.25, 0.3) is 6.08 Å². The molecule has 3 N–H and O–H groups in total. The Bertz CT molecular complexity index is 1010. The summed E-state index contributed by atoms with van der Waals surface area (Å²) in [5, 5.41) is 22.9. The van der Waals surface area contributed by atoms with Gasteiger partial charge >= 0.3 is 0 Å². The summed E-state index contributed by atoms with van der Waals surface area (Å²) >= 11 is 5.94. The third kappa shape index (κ3) is 5.55. The number of nitro benzene ring substituents is 1. The maximum absolute atomic E-state index is 12.4. The number of benzene rings is 2. The largest absolute Gasteiger partial charge is 0.483 e. The average molecular weight is 401 g/mol. The lowest BCUT2D eigenvalue weighted by atomic mass is 10.1. The number of nitrogens with two attached hydrogens (primary N) is 1. The van der Waals surface area contributed by atoms with Crippen LogP contribution in [-0.4, -0.2) is 23.3 Å². The van der Waals surface area contributed by atoms with Crippen LogP contribution in [0, 0.1) is 21.4 Å². The zero-order valence-electron chi connectivity index (χ0n) is 14.2. The van der Waals surface area contributed by atoms with Gasteiger partial charge in [0.15, 0.2) is 6.61 Å². The summed E-state index contributed by atoms with van der Waals surface area (Å²) in [6.07, 6.45) is 1.22. The lowest BCUT2D eigenvalue weighted by Gasteiger charge is -2.09. The summed E-state index contributed by atoms with van der Waals surface area (Å²) in [6, 6.07) is 11.4. The van der Waals surface area contributed by atoms with Gasteiger partial charge in [0.1, 0.15) is 17.4 Å². The highest BCUT2D eigenvalue weighted by Crippen LogP contribution is 2.26. The number of primary amides is 1. The number of hydrogen-bond donors (Lipinski definition) is 2. The van der Waals surface area contributed by atoms with Gasteiger partial charge in [0, 0.05) is 28.4 Å². The number of nitrogens with zero attached hydrogens (tertiary/aromatic N) is 2. The number of nitriles is 1. The number of rotatable bonds is 7. The predicted octanol–water partition coefficient (Wildman–Crippen LogP) is 2.66. The van der Waals surface area contributed by atoms with E-state index in [1.165, 1.54) is 42.5 Å². The number of carbonyl (C=O) groups excluding carboxylic acids is 2. The maximum atomic E-state index is 12.4. The molecule has 0 saturated heterocycles. The van der Waals surface area contributed by atoms with E-state index < -0.39 is 23.3 Å². The molecule has 0 bridgehead atoms. The minimum Gasteiger partial charge on any atom is -0.483 e. The molecule has 0 heterocycles. The van der Waals surface area contributed by atoms with Gasteiger partial charge in [-0.05, 0) is 30.3 Å². The molecule has 2 aromatic carbocycles. The van der Waals surface area contributed by atoms with E-state index in [0.29, 0.717) is 5.02 Å². The Morgan fingerprint density at radius 3 is 2.71 bits per heavy atom. The fourth-order valence-corrected chi connectivity index (χ4v) is 2.29. The number of halogens is 1. The molecule has 2 rings (SSSR count). The molecule has 0 radical (unpaired) electrons. The van der Waals surface area contributed by atoms with Gasteiger partial charge in [0.25, 0.3) is 17.5 Å². The second-order valence-corrected chi connectivity index (χ2v) is 5.80. The van der Waals surface area contributed by atoms with Crippen molar-refractivity contribution in [2.24, 2.45) is 5.73 Å². The molecule has 10 heteroatoms. The highest BCUT2D eigenvalue weighted by Gasteiger charge is 2.14. The molecule has 0 aromatic heterocycles. The Labute approximate surface area is 164 Å². The molecule has 0 atom stereocenters. The van der Waals surface area contributed by atoms with Crippen LogP contribution in [0.4, 0.5) is 11.4 Å². The molecule has 142 valence electrons. The van der Waals surface area contributed by atoms with Gasteiger partial charge in [-0.3, -0.25) is 19.7 Å². The minimum atomic E-state index is -0.788. The summed E-state index contributed by atoms with van der Waals surface area (Å²) < 4.78 is 5.25. The summed E-state index contributed by atoms with van der Waals surface area (Å²) in [5.41, 5.74) is 4.95. The van der Waals surface area contributed by atoms with E-state index in [9.17, 15) is 25.0 Å². The third-order valence-electron chi connectivity index (χ3n) is 3.32. The minimum absolute atomic E-state index is 0.150. The van der Waals surface area contributed by atoms with Gasteiger partial charge in [0.2, 0.25) is 0 Å². The number of ether oxygens (including phenoxy) is 1. The van der Waals surface area contributed by atoms with Crippen LogP contribution in [0.3, 0.4) is 0 Å². The van der Waals surface area contributed by atoms with Crippen LogP contribution in [0.2, 0.25) is 5.02 Å². The molecule has 2 amide bonds. The first-order chi connectivity index (χ1) is 13.3. The Kier molecular flexibility index (Phi) is 6.68. The van der Waals surface area contributed by atoms with Crippen LogP contribution in [0.5, 0.6) is 5.75 Å². The van der Waals surface area contributed by atoms with E-state index in [1.807, 2.05) is 0 Å². The molecule has 0 aliphatic heterocycles. The van der Waals surface area contributed by atoms with E-state index >= 15 is 0 Å². The Hall–Kier alpha value is -3.90. The molecule has 9 nitrogen and oxygen atoms in total. The zero-order chi connectivity index (χ0) is 20.7. The molecular formula is C18H13ClN4O5. The highest BCUT2D eigenvalue weighted by molar-refractivity contribution is 6.30. The number of amides is 2. The molecule has 0 aliphatic carbocycles. The molecular weight excluding hydrogens is 388 g/mol. The first-order valence-electron chi connectivity index (χ1n) is 7.68. The van der Waals surface area contributed by atoms with Crippen molar-refractivity contribution in [3.05, 3.63) is 68.7 Å². The normalized spacial score (nSPS) is 10.6. The summed E-state index contributed by atoms with van der Waals surface area (Å²) in [6.45, 7) is -0.399. The fourth-order valence-electron chi connectivity index (χ4n) is 2.11. The van der Waals surface area contributed by atoms with E-state index in [1.54, 1.807) is 6.07 Å². The Morgan fingerprint density at radius 1 is 1.32 bits per heavy atom. The van der Waals surface area contributed by atoms with E-state index in [4.69, 9.17) is 22.1 Å². The number of carbonyl (C=O) groups is 2. The second kappa shape index (κ2) is 9.16. The van der Waals surface area contributed by atoms with Crippen molar-refractivity contribution < 1.29 is 19.2 Å². The fraction of sp³-hybridized carbons (Fsp3) is 0.0556. The van der Waals surface area contributed by atoms with Gasteiger partial charge in [-0.1, -0.05) is 17.7 Å². The number of anilines is 1. The maximum Gasteiger partial charge on any atom is 0.271 e. The Morgan fingerprint density at radius 2 is 2.07 bits per heavy atom. The van der Waals surface area contributed by atoms with Crippen molar-refractivity contribution in [2.45, 2.75) is 0 Å². The number of non-ortho nitro benzene ring substituents is 1. The van der Waals surface area contributed by atoms with E-state index in [0.717, 1.165) is 6.07 Å². The number of nitrogens with one attached hydrogen (secondary N) is 1. The van der Waals surface area contributed by atoms with Crippen molar-refractivity contribution >= 4 is 40.9 Å². The van der Waals surface area contributed by atoms with Crippen LogP contribution in [0.1, 0.15) is 5.56 Å². The van der Waals surface area contributed by atoms with Gasteiger partial charge in [-0.15, -0.1) is 0 Å². The molecule has 2 aromatic rings. The van der Waals surface area contributed by atoms with Crippen molar-refractivity contribution in [1.82, 2.24) is 0 Å². The standard InChI is InChI=1S/C18H13ClN4O5/c19-13-4-5-16(28-10-17(21)24)11(7-13)6-12(9-20)18(25)22-14-2-1-3-15(8-14)23(26)27/h1-8H,10H2,(H2,21,24)(H,22,25)/b12-6+. The monoisotopic (exact) mass is 400 g/mol. The van der Waals surface area contributed by atoms with E-state index in [2.05, 4.69) is 5.32 Å². The topological polar surface area (TPSA) is 148 Å². The Balaban J connectivity index is 2.30. The van der Waals surface area contributed by atoms with Crippen molar-refractivity contribution in [3.63, 3.8) is 0 Å². The molecule has 0 unspecified atom stereocenters. The molecule has 28 heavy (non-hydrogen) atoms. The van der Waals surface area contributed by atoms with Crippen LogP contribution >= 0.6 is 11.6 Å². The average Bonchev–Trinajstić information content (AvgIpc) is 2.65. The lowest BCUT2D eigenvalue weighted by molar-refractivity contribution is -0.384. The van der Waals surface area contributed by atoms with Gasteiger partial charge in [-0.25, -0.2) is 0 Å². The first kappa shape index (κ1) is 20.4. The van der Waals surface area contributed by atoms with Crippen molar-refractivity contribution in [1.29, 1.82) is 5.26 Å². The van der Waals surface area contributed by atoms with Gasteiger partial charge < -0.3 is 15.8 Å². The van der Waals surface area contributed by atoms with Crippen LogP contribution < -0.4 is 15.8 Å². The quantitative estimate of drug-likeness (QED) is 0.316. The summed E-state index contributed by atoms with van der Waals surface area (Å²) in [5.74, 6) is -1.29. The smallest absolute Gasteiger partial charge is 0.271 e. The molecule has 0 saturated carbocycles. The predicted molar refractivity (Wildman–Crippen MR) is 101 cm³/mol. The summed E-state index contributed by atoms with van der Waals surface area (Å²) in [7, 11) is 0. The SMILES string of the molecule is N#C/C(=C\c1cc(Cl)ccc1OCC(N)=O)C(=O)Nc1cccc([N+](=O)[O-])c1. The van der Waals surface area contributed by atoms with Gasteiger partial charge in [0.05, 0.1) is 4.92 Å². The number of nitro groups is 1. The van der Waals surface area contributed by atoms with Gasteiger partial charge in [-0.2, -0.15) is 5.26 Å². The molecule has 0 fully saturated rings. The molecule has 0 aliphatic rings. The van der Waals surface area contributed by atoms with Crippen molar-refractivity contribution in [3.8, 4) is 11.8 Å². The number of hydrogen-bond acceptors (Lipinski definition) is 6. The lowest BCUT2D eigenvalue weighted by Crippen LogP contribution is -2.20. The zero-order valence-corrected chi connectivity index (χ0v) is 15.0. The van der Waals surface area contributed by atoms with Crippen molar-refractivity contribution in [2.75, 3.05) is 11.9 Å². The first-order valence-corrected chi connectivity index (χ1v) is 8.06. The van der Waals surface area contributed by atoms with Crippen LogP contribution in [-0.2, 0) is 9.59 Å².